The Hall–Kier alpha value is -3.74. The molecule has 1 fully saturated rings. The predicted molar refractivity (Wildman–Crippen MR) is 137 cm³/mol. The van der Waals surface area contributed by atoms with Crippen molar-refractivity contribution in [2.45, 2.75) is 0 Å². The normalized spacial score (nSPS) is 14.0. The lowest BCUT2D eigenvalue weighted by Crippen LogP contribution is -2.36. The number of carbonyl (C=O) groups excluding carboxylic acids is 1. The van der Waals surface area contributed by atoms with E-state index >= 15 is 0 Å². The summed E-state index contributed by atoms with van der Waals surface area (Å²) >= 11 is 6.02. The number of morpholine rings is 1. The maximum Gasteiger partial charge on any atom is 0.272 e. The monoisotopic (exact) mass is 470 g/mol. The Bertz CT molecular complexity index is 1330. The third-order valence-corrected chi connectivity index (χ3v) is 6.00. The lowest BCUT2D eigenvalue weighted by atomic mass is 10.0. The molecule has 170 valence electrons. The summed E-state index contributed by atoms with van der Waals surface area (Å²) in [6.07, 6.45) is 1.64. The van der Waals surface area contributed by atoms with E-state index in [1.165, 1.54) is 0 Å². The molecule has 0 radical (unpaired) electrons. The molecule has 1 aromatic heterocycles. The highest BCUT2D eigenvalue weighted by atomic mass is 35.5. The van der Waals surface area contributed by atoms with Crippen molar-refractivity contribution < 1.29 is 9.53 Å². The van der Waals surface area contributed by atoms with Gasteiger partial charge in [0.05, 0.1) is 36.2 Å². The second kappa shape index (κ2) is 10.0. The van der Waals surface area contributed by atoms with Crippen molar-refractivity contribution in [1.29, 1.82) is 0 Å². The number of fused-ring (bicyclic) bond motifs is 1. The number of pyridine rings is 1. The third-order valence-electron chi connectivity index (χ3n) is 5.75. The zero-order valence-corrected chi connectivity index (χ0v) is 19.2. The highest BCUT2D eigenvalue weighted by Gasteiger charge is 2.14. The molecule has 0 spiro atoms. The summed E-state index contributed by atoms with van der Waals surface area (Å²) in [6, 6.07) is 24.8. The fourth-order valence-electron chi connectivity index (χ4n) is 3.95. The Morgan fingerprint density at radius 1 is 1.00 bits per heavy atom. The van der Waals surface area contributed by atoms with Crippen LogP contribution in [0.4, 0.5) is 5.69 Å². The zero-order chi connectivity index (χ0) is 23.3. The van der Waals surface area contributed by atoms with Crippen LogP contribution in [0, 0.1) is 0 Å². The van der Waals surface area contributed by atoms with E-state index in [1.54, 1.807) is 12.3 Å². The van der Waals surface area contributed by atoms with Crippen molar-refractivity contribution in [3.8, 4) is 11.3 Å². The smallest absolute Gasteiger partial charge is 0.272 e. The predicted octanol–water partition coefficient (Wildman–Crippen LogP) is 5.16. The van der Waals surface area contributed by atoms with Gasteiger partial charge in [0.15, 0.2) is 0 Å². The molecule has 2 heterocycles. The van der Waals surface area contributed by atoms with Gasteiger partial charge in [-0.05, 0) is 42.0 Å². The van der Waals surface area contributed by atoms with Crippen molar-refractivity contribution in [1.82, 2.24) is 10.4 Å². The molecular formula is C27H23ClN4O2. The van der Waals surface area contributed by atoms with Gasteiger partial charge in [0.1, 0.15) is 0 Å². The van der Waals surface area contributed by atoms with Crippen LogP contribution >= 0.6 is 11.6 Å². The Labute approximate surface area is 202 Å². The minimum atomic E-state index is -0.296. The summed E-state index contributed by atoms with van der Waals surface area (Å²) in [4.78, 5) is 20.1. The minimum Gasteiger partial charge on any atom is -0.378 e. The Balaban J connectivity index is 1.35. The molecule has 0 unspecified atom stereocenters. The number of hydrogen-bond donors (Lipinski definition) is 1. The molecule has 1 saturated heterocycles. The molecule has 0 atom stereocenters. The number of carbonyl (C=O) groups is 1. The Morgan fingerprint density at radius 2 is 1.74 bits per heavy atom. The molecule has 0 bridgehead atoms. The fraction of sp³-hybridized carbons (Fsp3) is 0.148. The first-order chi connectivity index (χ1) is 16.7. The number of amides is 1. The van der Waals surface area contributed by atoms with E-state index in [0.717, 1.165) is 54.0 Å². The van der Waals surface area contributed by atoms with Crippen LogP contribution in [-0.2, 0) is 4.74 Å². The van der Waals surface area contributed by atoms with E-state index < -0.39 is 0 Å². The van der Waals surface area contributed by atoms with Gasteiger partial charge in [0, 0.05) is 34.7 Å². The molecule has 6 nitrogen and oxygen atoms in total. The number of aromatic nitrogens is 1. The largest absolute Gasteiger partial charge is 0.378 e. The van der Waals surface area contributed by atoms with Gasteiger partial charge in [-0.1, -0.05) is 54.1 Å². The molecule has 0 aliphatic carbocycles. The molecule has 1 aliphatic rings. The number of rotatable bonds is 5. The van der Waals surface area contributed by atoms with Crippen LogP contribution < -0.4 is 10.3 Å². The lowest BCUT2D eigenvalue weighted by molar-refractivity contribution is 0.0956. The molecule has 3 aromatic carbocycles. The maximum absolute atomic E-state index is 13.1. The number of hydrogen-bond acceptors (Lipinski definition) is 5. The highest BCUT2D eigenvalue weighted by molar-refractivity contribution is 6.30. The standard InChI is InChI=1S/C27H23ClN4O2/c28-21-9-7-20(8-10-21)26-17-24(23-3-1-2-4-25(23)30-26)27(33)31-29-18-19-5-11-22(12-6-19)32-13-15-34-16-14-32/h1-12,17-18H,13-16H2,(H,31,33)/b29-18+. The topological polar surface area (TPSA) is 66.8 Å². The van der Waals surface area contributed by atoms with Gasteiger partial charge in [-0.3, -0.25) is 4.79 Å². The molecule has 1 aliphatic heterocycles. The van der Waals surface area contributed by atoms with E-state index in [1.807, 2.05) is 60.7 Å². The summed E-state index contributed by atoms with van der Waals surface area (Å²) in [5.74, 6) is -0.296. The lowest BCUT2D eigenvalue weighted by Gasteiger charge is -2.28. The van der Waals surface area contributed by atoms with Crippen LogP contribution in [0.2, 0.25) is 5.02 Å². The van der Waals surface area contributed by atoms with Crippen LogP contribution in [0.3, 0.4) is 0 Å². The highest BCUT2D eigenvalue weighted by Crippen LogP contribution is 2.26. The van der Waals surface area contributed by atoms with Crippen molar-refractivity contribution in [3.05, 3.63) is 95.0 Å². The summed E-state index contributed by atoms with van der Waals surface area (Å²) in [5.41, 5.74) is 7.54. The molecular weight excluding hydrogens is 448 g/mol. The second-order valence-electron chi connectivity index (χ2n) is 7.97. The SMILES string of the molecule is O=C(N/N=C/c1ccc(N2CCOCC2)cc1)c1cc(-c2ccc(Cl)cc2)nc2ccccc12. The number of para-hydroxylation sites is 1. The number of ether oxygens (including phenoxy) is 1. The van der Waals surface area contributed by atoms with Gasteiger partial charge < -0.3 is 9.64 Å². The van der Waals surface area contributed by atoms with E-state index in [9.17, 15) is 4.79 Å². The molecule has 0 saturated carbocycles. The summed E-state index contributed by atoms with van der Waals surface area (Å²) in [6.45, 7) is 3.28. The van der Waals surface area contributed by atoms with Crippen LogP contribution in [0.1, 0.15) is 15.9 Å². The number of benzene rings is 3. The minimum absolute atomic E-state index is 0.296. The number of hydrazone groups is 1. The van der Waals surface area contributed by atoms with Gasteiger partial charge in [0.25, 0.3) is 5.91 Å². The van der Waals surface area contributed by atoms with Gasteiger partial charge in [-0.2, -0.15) is 5.10 Å². The Kier molecular flexibility index (Phi) is 6.51. The quantitative estimate of drug-likeness (QED) is 0.323. The van der Waals surface area contributed by atoms with Gasteiger partial charge in [-0.15, -0.1) is 0 Å². The summed E-state index contributed by atoms with van der Waals surface area (Å²) < 4.78 is 5.41. The number of anilines is 1. The van der Waals surface area contributed by atoms with E-state index in [4.69, 9.17) is 21.3 Å². The summed E-state index contributed by atoms with van der Waals surface area (Å²) in [7, 11) is 0. The Morgan fingerprint density at radius 3 is 2.50 bits per heavy atom. The summed E-state index contributed by atoms with van der Waals surface area (Å²) in [5, 5.41) is 5.60. The molecule has 1 N–H and O–H groups in total. The molecule has 4 aromatic rings. The molecule has 34 heavy (non-hydrogen) atoms. The van der Waals surface area contributed by atoms with Crippen LogP contribution in [0.15, 0.2) is 84.0 Å². The third kappa shape index (κ3) is 4.93. The zero-order valence-electron chi connectivity index (χ0n) is 18.4. The maximum atomic E-state index is 13.1. The van der Waals surface area contributed by atoms with Crippen molar-refractivity contribution in [2.75, 3.05) is 31.2 Å². The number of nitrogens with zero attached hydrogens (tertiary/aromatic N) is 3. The molecule has 7 heteroatoms. The van der Waals surface area contributed by atoms with Crippen LogP contribution in [0.5, 0.6) is 0 Å². The van der Waals surface area contributed by atoms with Crippen LogP contribution in [0.25, 0.3) is 22.2 Å². The van der Waals surface area contributed by atoms with Gasteiger partial charge >= 0.3 is 0 Å². The van der Waals surface area contributed by atoms with Crippen LogP contribution in [-0.4, -0.2) is 43.4 Å². The van der Waals surface area contributed by atoms with Crippen molar-refractivity contribution in [2.24, 2.45) is 5.10 Å². The van der Waals surface area contributed by atoms with Crippen molar-refractivity contribution in [3.63, 3.8) is 0 Å². The first-order valence-electron chi connectivity index (χ1n) is 11.1. The molecule has 5 rings (SSSR count). The molecule has 1 amide bonds. The van der Waals surface area contributed by atoms with Crippen molar-refractivity contribution >= 4 is 40.3 Å². The average molecular weight is 471 g/mol. The number of halogens is 1. The first-order valence-corrected chi connectivity index (χ1v) is 11.5. The van der Waals surface area contributed by atoms with E-state index in [2.05, 4.69) is 27.6 Å². The van der Waals surface area contributed by atoms with E-state index in [0.29, 0.717) is 16.3 Å². The fourth-order valence-corrected chi connectivity index (χ4v) is 4.08. The van der Waals surface area contributed by atoms with E-state index in [-0.39, 0.29) is 5.91 Å². The first kappa shape index (κ1) is 22.1. The average Bonchev–Trinajstić information content (AvgIpc) is 2.89. The number of nitrogens with one attached hydrogen (secondary N) is 1. The van der Waals surface area contributed by atoms with Gasteiger partial charge in [-0.25, -0.2) is 10.4 Å². The van der Waals surface area contributed by atoms with Gasteiger partial charge in [0.2, 0.25) is 0 Å². The second-order valence-corrected chi connectivity index (χ2v) is 8.41.